The van der Waals surface area contributed by atoms with Crippen molar-refractivity contribution in [1.29, 1.82) is 0 Å². The molecule has 0 atom stereocenters. The molecule has 3 rings (SSSR count). The van der Waals surface area contributed by atoms with Gasteiger partial charge in [0, 0.05) is 23.4 Å². The van der Waals surface area contributed by atoms with Gasteiger partial charge in [-0.15, -0.1) is 13.2 Å². The van der Waals surface area contributed by atoms with Gasteiger partial charge in [-0.25, -0.2) is 4.98 Å². The molecule has 2 N–H and O–H groups in total. The number of nitrogens with zero attached hydrogens (tertiary/aromatic N) is 2. The van der Waals surface area contributed by atoms with Crippen molar-refractivity contribution in [1.82, 2.24) is 9.97 Å². The molecule has 0 unspecified atom stereocenters. The van der Waals surface area contributed by atoms with E-state index in [0.29, 0.717) is 23.0 Å². The fourth-order valence-corrected chi connectivity index (χ4v) is 2.86. The smallest absolute Gasteiger partial charge is 0.406 e. The number of hydrogen-bond donors (Lipinski definition) is 2. The van der Waals surface area contributed by atoms with Gasteiger partial charge in [0.1, 0.15) is 11.6 Å². The molecule has 0 spiro atoms. The first kappa shape index (κ1) is 21.4. The van der Waals surface area contributed by atoms with E-state index in [2.05, 4.69) is 25.3 Å². The molecule has 0 saturated carbocycles. The summed E-state index contributed by atoms with van der Waals surface area (Å²) < 4.78 is 41.8. The average molecular weight is 416 g/mol. The molecule has 2 aromatic carbocycles. The largest absolute Gasteiger partial charge is 0.573 e. The lowest BCUT2D eigenvalue weighted by Gasteiger charge is -2.15. The topological polar surface area (TPSA) is 59.1 Å². The third-order valence-electron chi connectivity index (χ3n) is 4.37. The second-order valence-electron chi connectivity index (χ2n) is 7.21. The third kappa shape index (κ3) is 5.62. The Hall–Kier alpha value is -3.29. The van der Waals surface area contributed by atoms with E-state index in [1.54, 1.807) is 12.1 Å². The van der Waals surface area contributed by atoms with Gasteiger partial charge in [0.15, 0.2) is 0 Å². The van der Waals surface area contributed by atoms with Crippen LogP contribution in [0.5, 0.6) is 5.75 Å². The number of alkyl halides is 3. The molecular formula is C22H23F3N4O. The van der Waals surface area contributed by atoms with Crippen molar-refractivity contribution < 1.29 is 17.9 Å². The standard InChI is InChI=1S/C22H23F3N4O/c1-13(2)26-21-28-19(16-8-6-9-17(11-16)30-22(23,24)25)12-20(29-21)27-18-10-5-7-14(3)15(18)4/h5-13H,1-4H3,(H2,26,27,28,29). The Kier molecular flexibility index (Phi) is 6.14. The first-order chi connectivity index (χ1) is 14.1. The van der Waals surface area contributed by atoms with E-state index >= 15 is 0 Å². The van der Waals surface area contributed by atoms with Crippen molar-refractivity contribution in [2.75, 3.05) is 10.6 Å². The summed E-state index contributed by atoms with van der Waals surface area (Å²) in [4.78, 5) is 8.97. The molecule has 0 fully saturated rings. The van der Waals surface area contributed by atoms with Gasteiger partial charge in [0.05, 0.1) is 5.69 Å². The number of benzene rings is 2. The molecule has 1 aromatic heterocycles. The molecule has 5 nitrogen and oxygen atoms in total. The molecular weight excluding hydrogens is 393 g/mol. The molecule has 158 valence electrons. The zero-order valence-electron chi connectivity index (χ0n) is 17.1. The van der Waals surface area contributed by atoms with Crippen LogP contribution in [0.2, 0.25) is 0 Å². The molecule has 8 heteroatoms. The number of nitrogens with one attached hydrogen (secondary N) is 2. The number of hydrogen-bond acceptors (Lipinski definition) is 5. The van der Waals surface area contributed by atoms with Crippen molar-refractivity contribution in [2.45, 2.75) is 40.1 Å². The highest BCUT2D eigenvalue weighted by Gasteiger charge is 2.31. The highest BCUT2D eigenvalue weighted by Crippen LogP contribution is 2.30. The predicted octanol–water partition coefficient (Wildman–Crippen LogP) is 6.22. The van der Waals surface area contributed by atoms with E-state index in [-0.39, 0.29) is 11.8 Å². The van der Waals surface area contributed by atoms with Gasteiger partial charge in [0.2, 0.25) is 5.95 Å². The van der Waals surface area contributed by atoms with Crippen LogP contribution in [-0.2, 0) is 0 Å². The highest BCUT2D eigenvalue weighted by molar-refractivity contribution is 5.69. The van der Waals surface area contributed by atoms with Crippen LogP contribution in [0.25, 0.3) is 11.3 Å². The number of halogens is 3. The van der Waals surface area contributed by atoms with E-state index < -0.39 is 6.36 Å². The summed E-state index contributed by atoms with van der Waals surface area (Å²) in [5.41, 5.74) is 4.05. The van der Waals surface area contributed by atoms with Crippen LogP contribution in [0.4, 0.5) is 30.6 Å². The number of anilines is 3. The van der Waals surface area contributed by atoms with Crippen LogP contribution in [0.3, 0.4) is 0 Å². The Bertz CT molecular complexity index is 1040. The first-order valence-corrected chi connectivity index (χ1v) is 9.46. The molecule has 1 heterocycles. The third-order valence-corrected chi connectivity index (χ3v) is 4.37. The second-order valence-corrected chi connectivity index (χ2v) is 7.21. The summed E-state index contributed by atoms with van der Waals surface area (Å²) in [6.07, 6.45) is -4.76. The Morgan fingerprint density at radius 2 is 1.70 bits per heavy atom. The highest BCUT2D eigenvalue weighted by atomic mass is 19.4. The van der Waals surface area contributed by atoms with Gasteiger partial charge in [0.25, 0.3) is 0 Å². The molecule has 30 heavy (non-hydrogen) atoms. The van der Waals surface area contributed by atoms with Crippen molar-refractivity contribution in [3.63, 3.8) is 0 Å². The summed E-state index contributed by atoms with van der Waals surface area (Å²) >= 11 is 0. The van der Waals surface area contributed by atoms with Crippen molar-refractivity contribution in [3.8, 4) is 17.0 Å². The van der Waals surface area contributed by atoms with E-state index in [4.69, 9.17) is 0 Å². The number of aromatic nitrogens is 2. The van der Waals surface area contributed by atoms with E-state index in [0.717, 1.165) is 16.8 Å². The van der Waals surface area contributed by atoms with Crippen LogP contribution in [0, 0.1) is 13.8 Å². The normalized spacial score (nSPS) is 11.5. The first-order valence-electron chi connectivity index (χ1n) is 9.46. The lowest BCUT2D eigenvalue weighted by molar-refractivity contribution is -0.274. The van der Waals surface area contributed by atoms with Gasteiger partial charge in [-0.3, -0.25) is 0 Å². The van der Waals surface area contributed by atoms with Crippen molar-refractivity contribution >= 4 is 17.5 Å². The SMILES string of the molecule is Cc1cccc(Nc2cc(-c3cccc(OC(F)(F)F)c3)nc(NC(C)C)n2)c1C. The average Bonchev–Trinajstić information content (AvgIpc) is 2.63. The van der Waals surface area contributed by atoms with E-state index in [1.807, 2.05) is 45.9 Å². The van der Waals surface area contributed by atoms with Crippen LogP contribution in [0.1, 0.15) is 25.0 Å². The Balaban J connectivity index is 2.01. The monoisotopic (exact) mass is 416 g/mol. The fraction of sp³-hybridized carbons (Fsp3) is 0.273. The van der Waals surface area contributed by atoms with Crippen LogP contribution in [0.15, 0.2) is 48.5 Å². The maximum Gasteiger partial charge on any atom is 0.573 e. The molecule has 0 saturated heterocycles. The molecule has 0 aliphatic carbocycles. The minimum absolute atomic E-state index is 0.0775. The Labute approximate surface area is 173 Å². The van der Waals surface area contributed by atoms with Crippen molar-refractivity contribution in [3.05, 3.63) is 59.7 Å². The zero-order chi connectivity index (χ0) is 21.9. The van der Waals surface area contributed by atoms with E-state index in [1.165, 1.54) is 18.2 Å². The van der Waals surface area contributed by atoms with Crippen LogP contribution >= 0.6 is 0 Å². The summed E-state index contributed by atoms with van der Waals surface area (Å²) in [5, 5.41) is 6.43. The lowest BCUT2D eigenvalue weighted by Crippen LogP contribution is -2.17. The maximum absolute atomic E-state index is 12.6. The summed E-state index contributed by atoms with van der Waals surface area (Å²) in [6.45, 7) is 7.92. The van der Waals surface area contributed by atoms with Gasteiger partial charge < -0.3 is 15.4 Å². The van der Waals surface area contributed by atoms with Gasteiger partial charge in [-0.05, 0) is 57.0 Å². The van der Waals surface area contributed by atoms with Gasteiger partial charge in [-0.1, -0.05) is 24.3 Å². The quantitative estimate of drug-likeness (QED) is 0.499. The summed E-state index contributed by atoms with van der Waals surface area (Å²) in [5.74, 6) is 0.595. The van der Waals surface area contributed by atoms with Crippen LogP contribution in [-0.4, -0.2) is 22.4 Å². The molecule has 0 aliphatic rings. The molecule has 3 aromatic rings. The van der Waals surface area contributed by atoms with E-state index in [9.17, 15) is 13.2 Å². The molecule has 0 bridgehead atoms. The van der Waals surface area contributed by atoms with Gasteiger partial charge in [-0.2, -0.15) is 4.98 Å². The molecule has 0 aliphatic heterocycles. The number of aryl methyl sites for hydroxylation is 1. The fourth-order valence-electron chi connectivity index (χ4n) is 2.86. The number of ether oxygens (including phenoxy) is 1. The lowest BCUT2D eigenvalue weighted by atomic mass is 10.1. The summed E-state index contributed by atoms with van der Waals surface area (Å²) in [6, 6.07) is 13.4. The molecule has 0 amide bonds. The van der Waals surface area contributed by atoms with Gasteiger partial charge >= 0.3 is 6.36 Å². The maximum atomic E-state index is 12.6. The predicted molar refractivity (Wildman–Crippen MR) is 112 cm³/mol. The minimum atomic E-state index is -4.76. The molecule has 0 radical (unpaired) electrons. The number of rotatable bonds is 6. The Morgan fingerprint density at radius 3 is 2.40 bits per heavy atom. The zero-order valence-corrected chi connectivity index (χ0v) is 17.1. The second kappa shape index (κ2) is 8.61. The minimum Gasteiger partial charge on any atom is -0.406 e. The Morgan fingerprint density at radius 1 is 0.967 bits per heavy atom. The van der Waals surface area contributed by atoms with Crippen LogP contribution < -0.4 is 15.4 Å². The van der Waals surface area contributed by atoms with Crippen molar-refractivity contribution in [2.24, 2.45) is 0 Å². The summed E-state index contributed by atoms with van der Waals surface area (Å²) in [7, 11) is 0.